The number of benzene rings is 3. The van der Waals surface area contributed by atoms with Gasteiger partial charge in [-0.2, -0.15) is 8.62 Å². The average Bonchev–Trinajstić information content (AvgIpc) is 0.991. The third-order valence-corrected chi connectivity index (χ3v) is 20.4. The van der Waals surface area contributed by atoms with Crippen molar-refractivity contribution >= 4 is 79.7 Å². The molecule has 34 nitrogen and oxygen atoms in total. The molecule has 6 rings (SSSR count). The molecule has 2 aliphatic heterocycles. The molecule has 3 aromatic rings. The van der Waals surface area contributed by atoms with Crippen molar-refractivity contribution in [3.8, 4) is 34.3 Å². The van der Waals surface area contributed by atoms with Gasteiger partial charge >= 0.3 is 41.2 Å². The van der Waals surface area contributed by atoms with Crippen LogP contribution in [0.25, 0.3) is 43.9 Å². The number of nitrogens with zero attached hydrogens (tertiary/aromatic N) is 5. The number of hydrogen-bond acceptors (Lipinski definition) is 25. The van der Waals surface area contributed by atoms with Crippen molar-refractivity contribution in [2.24, 2.45) is 10.1 Å². The molecule has 2 unspecified atom stereocenters. The van der Waals surface area contributed by atoms with Crippen LogP contribution in [0, 0.1) is 25.7 Å². The maximum atomic E-state index is 13.5. The predicted molar refractivity (Wildman–Crippen MR) is 352 cm³/mol. The lowest BCUT2D eigenvalue weighted by molar-refractivity contribution is -0.0601. The van der Waals surface area contributed by atoms with Gasteiger partial charge in [0.1, 0.15) is 41.9 Å². The molecule has 0 bridgehead atoms. The van der Waals surface area contributed by atoms with E-state index in [1.165, 1.54) is 12.1 Å². The molecule has 0 spiro atoms. The zero-order valence-electron chi connectivity index (χ0n) is 53.2. The highest BCUT2D eigenvalue weighted by Crippen LogP contribution is 2.66. The standard InChI is InChI=1S/C57H77N10O24P3S2/c1-7-59-44-29-46-42(26-36(44)3)51(43-27-37(4)45(60-8-2)30-47(43)88-46)41-28-38(13-14-40(41)54(70)71)52(68)61-17-22-81-24-25-82-23-18-64-86-21-15-57(5,6)96-95-35-83-19-9-10-20-84-56(73)62-16-11-12-39-32-67(55(72)65-53(39)69)50-31-48(85-34-63-66-58)49(89-50)33-87-93(77,78)91-94(79,80)90-92(74,75)76/h13-14,26-30,32,48-50,59,64H,7-10,15-25,31,33-35H2,1-6H3,(H,61,68)(H,62,73)(H,70,71)(H,77,78)(H,79,80)(H,65,69,72)(H2,74,75,76)/t48-,49+,50+/m0/s1. The topological polar surface area (TPSA) is 473 Å². The maximum absolute atomic E-state index is 13.5. The number of aromatic carboxylic acids is 1. The van der Waals surface area contributed by atoms with Gasteiger partial charge < -0.3 is 78.3 Å². The van der Waals surface area contributed by atoms with Gasteiger partial charge in [0, 0.05) is 95.0 Å². The summed E-state index contributed by atoms with van der Waals surface area (Å²) in [5.74, 6) is 4.51. The summed E-state index contributed by atoms with van der Waals surface area (Å²) in [6, 6.07) is 12.3. The number of unbranched alkanes of at least 4 members (excludes halogenated alkanes) is 1. The number of rotatable bonds is 40. The van der Waals surface area contributed by atoms with Crippen LogP contribution in [0.4, 0.5) is 10.5 Å². The lowest BCUT2D eigenvalue weighted by Crippen LogP contribution is -2.34. The van der Waals surface area contributed by atoms with E-state index < -0.39 is 78.6 Å². The number of hydrogen-bond donors (Lipinski definition) is 10. The Hall–Kier alpha value is -6.48. The SMILES string of the molecule is CCN=c1cc2oc3cc(NCC)c(C)cc3c(-c3cc(C(=O)NCCOCCOCCNOCCC(C)(C)SSCOCCCCOC(=O)NCC#Cc4cn([C@H]5C[C@H](OCN=[N+]=[N-])[C@@H](COP(=O)(O)OP(=O)(O)OP(=O)(O)O)O5)c(=O)[nH]c4=O)ccc3C(=O)O)c-2cc1C. The van der Waals surface area contributed by atoms with E-state index in [0.717, 1.165) is 39.4 Å². The fraction of sp³-hybridized carbons (Fsp3) is 0.509. The zero-order valence-corrected chi connectivity index (χ0v) is 57.5. The lowest BCUT2D eigenvalue weighted by atomic mass is 9.88. The molecule has 96 heavy (non-hydrogen) atoms. The van der Waals surface area contributed by atoms with Gasteiger partial charge in [-0.3, -0.25) is 28.7 Å². The Bertz CT molecular complexity index is 3930. The number of phosphoric acid groups is 3. The van der Waals surface area contributed by atoms with E-state index in [2.05, 4.69) is 80.3 Å². The number of aromatic nitrogens is 2. The number of anilines is 1. The number of aromatic amines is 1. The third kappa shape index (κ3) is 25.4. The molecular weight excluding hydrogens is 1370 g/mol. The molecule has 3 aliphatic rings. The molecule has 0 saturated carbocycles. The van der Waals surface area contributed by atoms with Gasteiger partial charge in [0.05, 0.1) is 69.8 Å². The van der Waals surface area contributed by atoms with E-state index in [9.17, 15) is 52.6 Å². The number of amides is 2. The number of phosphoric ester groups is 1. The molecule has 1 saturated heterocycles. The molecule has 10 N–H and O–H groups in total. The highest BCUT2D eigenvalue weighted by atomic mass is 33.1. The van der Waals surface area contributed by atoms with Gasteiger partial charge in [-0.1, -0.05) is 38.5 Å². The van der Waals surface area contributed by atoms with Crippen molar-refractivity contribution in [1.29, 1.82) is 0 Å². The third-order valence-electron chi connectivity index (χ3n) is 13.6. The van der Waals surface area contributed by atoms with Crippen molar-refractivity contribution in [2.45, 2.75) is 90.4 Å². The van der Waals surface area contributed by atoms with Crippen LogP contribution in [-0.4, -0.2) is 167 Å². The first-order chi connectivity index (χ1) is 45.6. The number of alkyl carbamates (subject to hydrolysis) is 1. The summed E-state index contributed by atoms with van der Waals surface area (Å²) in [4.78, 5) is 116. The number of hydroxylamine groups is 1. The molecular formula is C57H77N10O24P3S2. The molecule has 3 heterocycles. The fourth-order valence-corrected chi connectivity index (χ4v) is 14.5. The maximum Gasteiger partial charge on any atom is 0.490 e. The average molecular weight is 1440 g/mol. The summed E-state index contributed by atoms with van der Waals surface area (Å²) in [6.07, 6.45) is -1.99. The van der Waals surface area contributed by atoms with E-state index >= 15 is 0 Å². The van der Waals surface area contributed by atoms with Crippen LogP contribution in [0.15, 0.2) is 72.8 Å². The number of H-pyrrole nitrogens is 1. The number of carbonyl (C=O) groups is 3. The number of carbonyl (C=O) groups excluding carboxylic acids is 2. The summed E-state index contributed by atoms with van der Waals surface area (Å²) in [7, 11) is -13.9. The van der Waals surface area contributed by atoms with E-state index in [-0.39, 0.29) is 60.1 Å². The molecule has 5 atom stereocenters. The molecule has 2 aromatic carbocycles. The van der Waals surface area contributed by atoms with Crippen molar-refractivity contribution in [3.05, 3.63) is 113 Å². The van der Waals surface area contributed by atoms with Crippen LogP contribution in [0.1, 0.15) is 97.0 Å². The Kier molecular flexibility index (Phi) is 31.1. The first-order valence-corrected chi connectivity index (χ1v) is 36.6. The number of fused-ring (bicyclic) bond motifs is 2. The van der Waals surface area contributed by atoms with Gasteiger partial charge in [-0.15, -0.1) is 0 Å². The Morgan fingerprint density at radius 3 is 2.36 bits per heavy atom. The van der Waals surface area contributed by atoms with Crippen LogP contribution in [-0.2, 0) is 60.1 Å². The van der Waals surface area contributed by atoms with Crippen molar-refractivity contribution in [1.82, 2.24) is 25.7 Å². The summed E-state index contributed by atoms with van der Waals surface area (Å²) in [5.41, 5.74) is 14.7. The van der Waals surface area contributed by atoms with Crippen LogP contribution < -0.4 is 38.0 Å². The summed E-state index contributed by atoms with van der Waals surface area (Å²) < 4.78 is 87.6. The van der Waals surface area contributed by atoms with Crippen molar-refractivity contribution in [2.75, 3.05) is 104 Å². The smallest absolute Gasteiger partial charge is 0.478 e. The number of aryl methyl sites for hydroxylation is 2. The normalized spacial score (nSPS) is 16.3. The Morgan fingerprint density at radius 2 is 1.65 bits per heavy atom. The number of azide groups is 1. The highest BCUT2D eigenvalue weighted by molar-refractivity contribution is 8.77. The van der Waals surface area contributed by atoms with Crippen molar-refractivity contribution < 1.29 is 104 Å². The summed E-state index contributed by atoms with van der Waals surface area (Å²) in [6.45, 7) is 14.3. The molecule has 39 heteroatoms. The molecule has 1 aliphatic carbocycles. The molecule has 2 amide bonds. The number of carboxylic acid groups (broad SMARTS) is 1. The van der Waals surface area contributed by atoms with E-state index in [1.54, 1.807) is 27.7 Å². The summed E-state index contributed by atoms with van der Waals surface area (Å²) >= 11 is 0. The number of carboxylic acids is 1. The quantitative estimate of drug-likeness (QED) is 0.00175. The number of ether oxygens (including phenoxy) is 6. The largest absolute Gasteiger partial charge is 0.490 e. The van der Waals surface area contributed by atoms with E-state index in [0.29, 0.717) is 105 Å². The number of nitrogens with one attached hydrogen (secondary N) is 5. The van der Waals surface area contributed by atoms with Crippen molar-refractivity contribution in [3.63, 3.8) is 0 Å². The minimum absolute atomic E-state index is 0.0374. The summed E-state index contributed by atoms with van der Waals surface area (Å²) in [5, 5.41) is 23.8. The fourth-order valence-electron chi connectivity index (χ4n) is 9.20. The first-order valence-electron chi connectivity index (χ1n) is 29.8. The molecule has 526 valence electrons. The minimum atomic E-state index is -5.84. The zero-order chi connectivity index (χ0) is 70.1. The van der Waals surface area contributed by atoms with Crippen LogP contribution >= 0.6 is 45.1 Å². The second-order valence-electron chi connectivity index (χ2n) is 21.3. The Balaban J connectivity index is 0.797. The lowest BCUT2D eigenvalue weighted by Gasteiger charge is -2.22. The second-order valence-corrected chi connectivity index (χ2v) is 28.7. The Labute approximate surface area is 558 Å². The minimum Gasteiger partial charge on any atom is -0.478 e. The van der Waals surface area contributed by atoms with Crippen LogP contribution in [0.5, 0.6) is 0 Å². The molecule has 1 fully saturated rings. The predicted octanol–water partition coefficient (Wildman–Crippen LogP) is 7.37. The van der Waals surface area contributed by atoms with Gasteiger partial charge in [-0.05, 0) is 113 Å². The van der Waals surface area contributed by atoms with E-state index in [4.69, 9.17) is 53.0 Å². The van der Waals surface area contributed by atoms with Crippen LogP contribution in [0.3, 0.4) is 0 Å². The van der Waals surface area contributed by atoms with Gasteiger partial charge in [0.25, 0.3) is 11.5 Å². The van der Waals surface area contributed by atoms with Gasteiger partial charge in [-0.25, -0.2) is 33.6 Å². The molecule has 1 aromatic heterocycles. The van der Waals surface area contributed by atoms with Gasteiger partial charge in [0.15, 0.2) is 0 Å². The molecule has 0 radical (unpaired) electrons. The second kappa shape index (κ2) is 38.0. The van der Waals surface area contributed by atoms with E-state index in [1.807, 2.05) is 52.0 Å². The first kappa shape index (κ1) is 78.5. The highest BCUT2D eigenvalue weighted by Gasteiger charge is 2.44. The Morgan fingerprint density at radius 1 is 0.896 bits per heavy atom. The van der Waals surface area contributed by atoms with Crippen LogP contribution in [0.2, 0.25) is 0 Å². The monoisotopic (exact) mass is 1440 g/mol. The van der Waals surface area contributed by atoms with Gasteiger partial charge in [0.2, 0.25) is 0 Å².